The van der Waals surface area contributed by atoms with Crippen LogP contribution in [0.15, 0.2) is 0 Å². The van der Waals surface area contributed by atoms with E-state index in [1.807, 2.05) is 7.11 Å². The molecule has 2 aliphatic rings. The van der Waals surface area contributed by atoms with Crippen molar-refractivity contribution in [2.45, 2.75) is 51.6 Å². The van der Waals surface area contributed by atoms with E-state index in [-0.39, 0.29) is 0 Å². The maximum Gasteiger partial charge on any atom is 0.0595 e. The highest BCUT2D eigenvalue weighted by Crippen LogP contribution is 2.39. The van der Waals surface area contributed by atoms with E-state index in [1.54, 1.807) is 0 Å². The summed E-state index contributed by atoms with van der Waals surface area (Å²) in [5.74, 6) is 0.906. The summed E-state index contributed by atoms with van der Waals surface area (Å²) in [6.07, 6.45) is 8.25. The second-order valence-electron chi connectivity index (χ2n) is 6.60. The Kier molecular flexibility index (Phi) is 5.05. The van der Waals surface area contributed by atoms with Crippen LogP contribution < -0.4 is 5.73 Å². The fraction of sp³-hybridized carbons (Fsp3) is 1.00. The Morgan fingerprint density at radius 3 is 2.28 bits per heavy atom. The quantitative estimate of drug-likeness (QED) is 0.836. The van der Waals surface area contributed by atoms with Gasteiger partial charge in [0.15, 0.2) is 0 Å². The Morgan fingerprint density at radius 2 is 1.78 bits per heavy atom. The van der Waals surface area contributed by atoms with Gasteiger partial charge in [-0.1, -0.05) is 19.8 Å². The van der Waals surface area contributed by atoms with Crippen LogP contribution in [0.1, 0.15) is 45.4 Å². The van der Waals surface area contributed by atoms with Crippen molar-refractivity contribution in [3.05, 3.63) is 0 Å². The van der Waals surface area contributed by atoms with Gasteiger partial charge < -0.3 is 15.4 Å². The first-order valence-corrected chi connectivity index (χ1v) is 7.63. The highest BCUT2D eigenvalue weighted by Gasteiger charge is 2.35. The van der Waals surface area contributed by atoms with Crippen molar-refractivity contribution in [3.8, 4) is 0 Å². The van der Waals surface area contributed by atoms with Crippen LogP contribution in [-0.2, 0) is 4.74 Å². The van der Waals surface area contributed by atoms with Gasteiger partial charge in [0.2, 0.25) is 0 Å². The van der Waals surface area contributed by atoms with E-state index in [0.29, 0.717) is 11.5 Å². The molecule has 106 valence electrons. The molecule has 18 heavy (non-hydrogen) atoms. The molecule has 1 heterocycles. The van der Waals surface area contributed by atoms with E-state index in [9.17, 15) is 0 Å². The van der Waals surface area contributed by atoms with Crippen LogP contribution in [0.2, 0.25) is 0 Å². The number of methoxy groups -OCH3 is 1. The summed E-state index contributed by atoms with van der Waals surface area (Å²) in [6.45, 7) is 6.84. The Hall–Kier alpha value is -0.120. The summed E-state index contributed by atoms with van der Waals surface area (Å²) >= 11 is 0. The molecular formula is C15H30N2O. The molecule has 0 amide bonds. The molecule has 1 aliphatic carbocycles. The van der Waals surface area contributed by atoms with Crippen molar-refractivity contribution in [2.24, 2.45) is 17.1 Å². The number of nitrogens with zero attached hydrogens (tertiary/aromatic N) is 1. The normalized spacial score (nSPS) is 35.8. The minimum atomic E-state index is 0.409. The van der Waals surface area contributed by atoms with Gasteiger partial charge >= 0.3 is 0 Å². The van der Waals surface area contributed by atoms with E-state index < -0.39 is 0 Å². The lowest BCUT2D eigenvalue weighted by Gasteiger charge is -2.43. The van der Waals surface area contributed by atoms with Crippen LogP contribution in [0.5, 0.6) is 0 Å². The summed E-state index contributed by atoms with van der Waals surface area (Å²) in [7, 11) is 1.84. The number of nitrogens with two attached hydrogens (primary N) is 1. The summed E-state index contributed by atoms with van der Waals surface area (Å²) in [4.78, 5) is 2.62. The zero-order chi connectivity index (χ0) is 13.0. The standard InChI is InChI=1S/C15H30N2O/c1-13-3-7-15(11-16,8-4-13)12-17-9-5-14(18-2)6-10-17/h13-14H,3-12,16H2,1-2H3. The smallest absolute Gasteiger partial charge is 0.0595 e. The number of likely N-dealkylation sites (tertiary alicyclic amines) is 1. The van der Waals surface area contributed by atoms with Gasteiger partial charge in [-0.2, -0.15) is 0 Å². The van der Waals surface area contributed by atoms with Gasteiger partial charge in [-0.05, 0) is 43.6 Å². The molecule has 3 nitrogen and oxygen atoms in total. The van der Waals surface area contributed by atoms with Crippen LogP contribution in [-0.4, -0.2) is 44.3 Å². The van der Waals surface area contributed by atoms with Gasteiger partial charge in [-0.15, -0.1) is 0 Å². The minimum Gasteiger partial charge on any atom is -0.381 e. The average molecular weight is 254 g/mol. The van der Waals surface area contributed by atoms with Crippen LogP contribution in [0, 0.1) is 11.3 Å². The topological polar surface area (TPSA) is 38.5 Å². The fourth-order valence-corrected chi connectivity index (χ4v) is 3.58. The van der Waals surface area contributed by atoms with Crippen LogP contribution >= 0.6 is 0 Å². The van der Waals surface area contributed by atoms with Gasteiger partial charge in [0.25, 0.3) is 0 Å². The zero-order valence-electron chi connectivity index (χ0n) is 12.2. The molecule has 0 radical (unpaired) electrons. The molecule has 2 fully saturated rings. The third kappa shape index (κ3) is 3.46. The predicted molar refractivity (Wildman–Crippen MR) is 75.6 cm³/mol. The molecule has 0 unspecified atom stereocenters. The number of piperidine rings is 1. The Balaban J connectivity index is 1.83. The summed E-state index contributed by atoms with van der Waals surface area (Å²) < 4.78 is 5.44. The van der Waals surface area contributed by atoms with E-state index >= 15 is 0 Å². The zero-order valence-corrected chi connectivity index (χ0v) is 12.2. The summed E-state index contributed by atoms with van der Waals surface area (Å²) in [6, 6.07) is 0. The molecule has 0 aromatic heterocycles. The van der Waals surface area contributed by atoms with Crippen molar-refractivity contribution in [1.29, 1.82) is 0 Å². The molecule has 0 spiro atoms. The fourth-order valence-electron chi connectivity index (χ4n) is 3.58. The highest BCUT2D eigenvalue weighted by molar-refractivity contribution is 4.89. The Labute approximate surface area is 112 Å². The third-order valence-electron chi connectivity index (χ3n) is 5.19. The molecular weight excluding hydrogens is 224 g/mol. The van der Waals surface area contributed by atoms with Crippen LogP contribution in [0.25, 0.3) is 0 Å². The molecule has 1 saturated heterocycles. The maximum absolute atomic E-state index is 6.10. The predicted octanol–water partition coefficient (Wildman–Crippen LogP) is 2.25. The average Bonchev–Trinajstić information content (AvgIpc) is 2.43. The lowest BCUT2D eigenvalue weighted by atomic mass is 9.70. The van der Waals surface area contributed by atoms with Crippen molar-refractivity contribution in [3.63, 3.8) is 0 Å². The lowest BCUT2D eigenvalue weighted by Crippen LogP contribution is -2.47. The van der Waals surface area contributed by atoms with Gasteiger partial charge in [0, 0.05) is 26.7 Å². The second-order valence-corrected chi connectivity index (χ2v) is 6.60. The lowest BCUT2D eigenvalue weighted by molar-refractivity contribution is 0.0177. The molecule has 2 rings (SSSR count). The molecule has 1 saturated carbocycles. The largest absolute Gasteiger partial charge is 0.381 e. The summed E-state index contributed by atoms with van der Waals surface area (Å²) in [5.41, 5.74) is 6.51. The van der Waals surface area contributed by atoms with Gasteiger partial charge in [-0.3, -0.25) is 0 Å². The SMILES string of the molecule is COC1CCN(CC2(CN)CCC(C)CC2)CC1. The van der Waals surface area contributed by atoms with E-state index in [4.69, 9.17) is 10.5 Å². The third-order valence-corrected chi connectivity index (χ3v) is 5.19. The molecule has 0 atom stereocenters. The number of rotatable bonds is 4. The molecule has 3 heteroatoms. The van der Waals surface area contributed by atoms with E-state index in [1.165, 1.54) is 58.2 Å². The van der Waals surface area contributed by atoms with Crippen molar-refractivity contribution >= 4 is 0 Å². The van der Waals surface area contributed by atoms with Gasteiger partial charge in [-0.25, -0.2) is 0 Å². The molecule has 0 bridgehead atoms. The maximum atomic E-state index is 6.10. The van der Waals surface area contributed by atoms with Crippen LogP contribution in [0.3, 0.4) is 0 Å². The molecule has 0 aromatic carbocycles. The first-order valence-electron chi connectivity index (χ1n) is 7.63. The monoisotopic (exact) mass is 254 g/mol. The first-order chi connectivity index (χ1) is 8.67. The highest BCUT2D eigenvalue weighted by atomic mass is 16.5. The number of hydrogen-bond acceptors (Lipinski definition) is 3. The number of hydrogen-bond donors (Lipinski definition) is 1. The molecule has 0 aromatic rings. The second kappa shape index (κ2) is 6.36. The van der Waals surface area contributed by atoms with E-state index in [0.717, 1.165) is 12.5 Å². The van der Waals surface area contributed by atoms with Crippen LogP contribution in [0.4, 0.5) is 0 Å². The van der Waals surface area contributed by atoms with Crippen molar-refractivity contribution in [2.75, 3.05) is 33.3 Å². The first kappa shape index (κ1) is 14.3. The molecule has 1 aliphatic heterocycles. The molecule has 2 N–H and O–H groups in total. The van der Waals surface area contributed by atoms with Gasteiger partial charge in [0.1, 0.15) is 0 Å². The van der Waals surface area contributed by atoms with Gasteiger partial charge in [0.05, 0.1) is 6.10 Å². The Bertz CT molecular complexity index is 241. The summed E-state index contributed by atoms with van der Waals surface area (Å²) in [5, 5.41) is 0. The number of ether oxygens (including phenoxy) is 1. The Morgan fingerprint density at radius 1 is 1.17 bits per heavy atom. The minimum absolute atomic E-state index is 0.409. The van der Waals surface area contributed by atoms with E-state index in [2.05, 4.69) is 11.8 Å². The van der Waals surface area contributed by atoms with Crippen molar-refractivity contribution < 1.29 is 4.74 Å². The van der Waals surface area contributed by atoms with Crippen molar-refractivity contribution in [1.82, 2.24) is 4.90 Å².